The van der Waals surface area contributed by atoms with Crippen LogP contribution in [-0.4, -0.2) is 52.8 Å². The van der Waals surface area contributed by atoms with E-state index >= 15 is 0 Å². The average Bonchev–Trinajstić information content (AvgIpc) is 2.93. The molecule has 1 amide bonds. The van der Waals surface area contributed by atoms with E-state index in [2.05, 4.69) is 4.98 Å². The van der Waals surface area contributed by atoms with Crippen LogP contribution in [0.3, 0.4) is 0 Å². The van der Waals surface area contributed by atoms with Crippen molar-refractivity contribution in [2.45, 2.75) is 6.92 Å². The quantitative estimate of drug-likeness (QED) is 0.768. The fourth-order valence-electron chi connectivity index (χ4n) is 2.20. The largest absolute Gasteiger partial charge is 0.396 e. The van der Waals surface area contributed by atoms with Gasteiger partial charge in [0.05, 0.1) is 13.2 Å². The number of nitrogens with one attached hydrogen (secondary N) is 1. The lowest BCUT2D eigenvalue weighted by Crippen LogP contribution is -2.41. The van der Waals surface area contributed by atoms with Gasteiger partial charge in [-0.1, -0.05) is 13.0 Å². The Hall–Kier alpha value is -1.85. The van der Waals surface area contributed by atoms with E-state index in [0.29, 0.717) is 12.1 Å². The molecule has 2 rings (SSSR count). The first kappa shape index (κ1) is 14.6. The van der Waals surface area contributed by atoms with Crippen LogP contribution >= 0.6 is 0 Å². The summed E-state index contributed by atoms with van der Waals surface area (Å²) >= 11 is 0. The Balaban J connectivity index is 2.17. The van der Waals surface area contributed by atoms with Gasteiger partial charge in [0.25, 0.3) is 5.91 Å². The number of hydrogen-bond acceptors (Lipinski definition) is 3. The number of aromatic amines is 1. The van der Waals surface area contributed by atoms with Gasteiger partial charge in [0.1, 0.15) is 0 Å². The van der Waals surface area contributed by atoms with Crippen molar-refractivity contribution in [3.05, 3.63) is 36.0 Å². The van der Waals surface area contributed by atoms with Crippen molar-refractivity contribution in [1.82, 2.24) is 9.88 Å². The molecule has 20 heavy (non-hydrogen) atoms. The van der Waals surface area contributed by atoms with Crippen molar-refractivity contribution < 1.29 is 15.0 Å². The van der Waals surface area contributed by atoms with Crippen LogP contribution in [0.15, 0.2) is 30.5 Å². The normalized spacial score (nSPS) is 11.8. The van der Waals surface area contributed by atoms with E-state index in [4.69, 9.17) is 0 Å². The highest BCUT2D eigenvalue weighted by Crippen LogP contribution is 2.19. The van der Waals surface area contributed by atoms with Gasteiger partial charge in [-0.3, -0.25) is 4.79 Å². The number of rotatable bonds is 5. The molecule has 0 fully saturated rings. The first-order valence-corrected chi connectivity index (χ1v) is 6.53. The second-order valence-corrected chi connectivity index (χ2v) is 5.57. The van der Waals surface area contributed by atoms with Gasteiger partial charge in [-0.2, -0.15) is 0 Å². The van der Waals surface area contributed by atoms with Gasteiger partial charge in [0.2, 0.25) is 0 Å². The summed E-state index contributed by atoms with van der Waals surface area (Å²) in [6.45, 7) is 1.69. The number of fused-ring (bicyclic) bond motifs is 1. The molecular formula is C15H20N2O3. The van der Waals surface area contributed by atoms with E-state index in [9.17, 15) is 15.0 Å². The summed E-state index contributed by atoms with van der Waals surface area (Å²) < 4.78 is 0. The second kappa shape index (κ2) is 5.64. The Morgan fingerprint density at radius 1 is 1.30 bits per heavy atom. The van der Waals surface area contributed by atoms with E-state index in [0.717, 1.165) is 10.9 Å². The first-order chi connectivity index (χ1) is 9.49. The molecule has 1 aromatic carbocycles. The maximum atomic E-state index is 12.4. The predicted octanol–water partition coefficient (Wildman–Crippen LogP) is 1.23. The second-order valence-electron chi connectivity index (χ2n) is 5.57. The zero-order valence-electron chi connectivity index (χ0n) is 11.8. The van der Waals surface area contributed by atoms with Gasteiger partial charge < -0.3 is 20.1 Å². The summed E-state index contributed by atoms with van der Waals surface area (Å²) in [6, 6.07) is 7.43. The third kappa shape index (κ3) is 2.84. The van der Waals surface area contributed by atoms with Gasteiger partial charge in [0, 0.05) is 36.3 Å². The molecule has 1 heterocycles. The molecule has 3 N–H and O–H groups in total. The van der Waals surface area contributed by atoms with Crippen LogP contribution in [0.5, 0.6) is 0 Å². The van der Waals surface area contributed by atoms with E-state index in [1.165, 1.54) is 4.90 Å². The van der Waals surface area contributed by atoms with Gasteiger partial charge in [0.15, 0.2) is 0 Å². The highest BCUT2D eigenvalue weighted by Gasteiger charge is 2.26. The molecule has 5 heteroatoms. The highest BCUT2D eigenvalue weighted by atomic mass is 16.3. The molecule has 108 valence electrons. The summed E-state index contributed by atoms with van der Waals surface area (Å²) in [7, 11) is 1.67. The van der Waals surface area contributed by atoms with E-state index in [1.54, 1.807) is 20.0 Å². The smallest absolute Gasteiger partial charge is 0.253 e. The summed E-state index contributed by atoms with van der Waals surface area (Å²) in [4.78, 5) is 17.0. The lowest BCUT2D eigenvalue weighted by atomic mass is 9.92. The lowest BCUT2D eigenvalue weighted by molar-refractivity contribution is 0.0366. The Morgan fingerprint density at radius 3 is 2.65 bits per heavy atom. The molecule has 0 aliphatic heterocycles. The number of carbonyl (C=O) groups excluding carboxylic acids is 1. The fraction of sp³-hybridized carbons (Fsp3) is 0.400. The number of carbonyl (C=O) groups is 1. The number of aromatic nitrogens is 1. The zero-order valence-corrected chi connectivity index (χ0v) is 11.8. The number of aliphatic hydroxyl groups excluding tert-OH is 2. The fourth-order valence-corrected chi connectivity index (χ4v) is 2.20. The maximum absolute atomic E-state index is 12.4. The number of H-pyrrole nitrogens is 1. The molecule has 1 aromatic heterocycles. The van der Waals surface area contributed by atoms with Crippen LogP contribution in [0.2, 0.25) is 0 Å². The van der Waals surface area contributed by atoms with Crippen LogP contribution in [-0.2, 0) is 0 Å². The Labute approximate surface area is 117 Å². The van der Waals surface area contributed by atoms with Crippen molar-refractivity contribution in [2.24, 2.45) is 5.41 Å². The molecule has 0 saturated carbocycles. The molecule has 0 spiro atoms. The first-order valence-electron chi connectivity index (χ1n) is 6.53. The molecule has 0 atom stereocenters. The highest BCUT2D eigenvalue weighted by molar-refractivity contribution is 5.97. The van der Waals surface area contributed by atoms with Crippen molar-refractivity contribution in [1.29, 1.82) is 0 Å². The standard InChI is InChI=1S/C15H20N2O3/c1-15(9-18,10-19)8-17(2)14(20)12-4-3-11-5-6-16-13(11)7-12/h3-7,16,18-19H,8-10H2,1-2H3. The maximum Gasteiger partial charge on any atom is 0.253 e. The van der Waals surface area contributed by atoms with Crippen molar-refractivity contribution in [3.63, 3.8) is 0 Å². The Morgan fingerprint density at radius 2 is 2.00 bits per heavy atom. The number of amides is 1. The van der Waals surface area contributed by atoms with Crippen LogP contribution in [0.4, 0.5) is 0 Å². The lowest BCUT2D eigenvalue weighted by Gasteiger charge is -2.30. The summed E-state index contributed by atoms with van der Waals surface area (Å²) in [5, 5.41) is 19.6. The van der Waals surface area contributed by atoms with E-state index < -0.39 is 5.41 Å². The van der Waals surface area contributed by atoms with E-state index in [1.807, 2.05) is 24.4 Å². The number of benzene rings is 1. The number of hydrogen-bond donors (Lipinski definition) is 3. The minimum absolute atomic E-state index is 0.130. The monoisotopic (exact) mass is 276 g/mol. The molecule has 5 nitrogen and oxygen atoms in total. The summed E-state index contributed by atoms with van der Waals surface area (Å²) in [6.07, 6.45) is 1.83. The summed E-state index contributed by atoms with van der Waals surface area (Å²) in [5.41, 5.74) is 0.804. The molecule has 0 radical (unpaired) electrons. The third-order valence-electron chi connectivity index (χ3n) is 3.53. The molecule has 0 aliphatic rings. The topological polar surface area (TPSA) is 76.6 Å². The molecule has 0 unspecified atom stereocenters. The Bertz CT molecular complexity index is 602. The SMILES string of the molecule is CN(CC(C)(CO)CO)C(=O)c1ccc2cc[nH]c2c1. The van der Waals surface area contributed by atoms with Gasteiger partial charge in [-0.15, -0.1) is 0 Å². The van der Waals surface area contributed by atoms with Crippen LogP contribution in [0.1, 0.15) is 17.3 Å². The predicted molar refractivity (Wildman–Crippen MR) is 77.5 cm³/mol. The molecule has 0 saturated heterocycles. The number of aliphatic hydroxyl groups is 2. The van der Waals surface area contributed by atoms with Crippen LogP contribution < -0.4 is 0 Å². The molecule has 0 aliphatic carbocycles. The van der Waals surface area contributed by atoms with Crippen molar-refractivity contribution in [3.8, 4) is 0 Å². The number of nitrogens with zero attached hydrogens (tertiary/aromatic N) is 1. The third-order valence-corrected chi connectivity index (χ3v) is 3.53. The van der Waals surface area contributed by atoms with Crippen LogP contribution in [0, 0.1) is 5.41 Å². The van der Waals surface area contributed by atoms with Crippen LogP contribution in [0.25, 0.3) is 10.9 Å². The average molecular weight is 276 g/mol. The Kier molecular flexibility index (Phi) is 4.11. The molecule has 2 aromatic rings. The van der Waals surface area contributed by atoms with Gasteiger partial charge in [-0.25, -0.2) is 0 Å². The van der Waals surface area contributed by atoms with Crippen molar-refractivity contribution >= 4 is 16.8 Å². The zero-order chi connectivity index (χ0) is 14.8. The van der Waals surface area contributed by atoms with Gasteiger partial charge >= 0.3 is 0 Å². The molecular weight excluding hydrogens is 256 g/mol. The summed E-state index contributed by atoms with van der Waals surface area (Å²) in [5.74, 6) is -0.130. The minimum atomic E-state index is -0.694. The van der Waals surface area contributed by atoms with Gasteiger partial charge in [-0.05, 0) is 23.6 Å². The molecule has 0 bridgehead atoms. The van der Waals surface area contributed by atoms with Crippen molar-refractivity contribution in [2.75, 3.05) is 26.8 Å². The van der Waals surface area contributed by atoms with E-state index in [-0.39, 0.29) is 19.1 Å². The minimum Gasteiger partial charge on any atom is -0.396 e.